The summed E-state index contributed by atoms with van der Waals surface area (Å²) in [6.45, 7) is 7.88. The Hall–Kier alpha value is -3.79. The van der Waals surface area contributed by atoms with E-state index in [1.54, 1.807) is 37.3 Å². The van der Waals surface area contributed by atoms with Crippen LogP contribution < -0.4 is 9.47 Å². The lowest BCUT2D eigenvalue weighted by Gasteiger charge is -2.19. The molecule has 0 amide bonds. The van der Waals surface area contributed by atoms with Crippen molar-refractivity contribution in [3.63, 3.8) is 0 Å². The first-order chi connectivity index (χ1) is 15.5. The number of carboxylic acids is 1. The van der Waals surface area contributed by atoms with Gasteiger partial charge in [0, 0.05) is 5.92 Å². The maximum absolute atomic E-state index is 11.4. The molecule has 2 atom stereocenters. The first-order valence-corrected chi connectivity index (χ1v) is 10.6. The zero-order chi connectivity index (χ0) is 22.9. The van der Waals surface area contributed by atoms with Gasteiger partial charge >= 0.3 is 5.97 Å². The summed E-state index contributed by atoms with van der Waals surface area (Å²) in [6.07, 6.45) is 2.63. The summed E-state index contributed by atoms with van der Waals surface area (Å²) in [6, 6.07) is 25.7. The van der Waals surface area contributed by atoms with E-state index in [0.717, 1.165) is 11.1 Å². The molecule has 0 saturated heterocycles. The van der Waals surface area contributed by atoms with Crippen molar-refractivity contribution in [3.8, 4) is 22.6 Å². The average molecular weight is 429 g/mol. The van der Waals surface area contributed by atoms with Gasteiger partial charge in [-0.1, -0.05) is 67.6 Å². The highest BCUT2D eigenvalue weighted by atomic mass is 16.5. The molecule has 4 nitrogen and oxygen atoms in total. The highest BCUT2D eigenvalue weighted by Gasteiger charge is 2.24. The predicted octanol–water partition coefficient (Wildman–Crippen LogP) is 6.49. The molecule has 0 aliphatic carbocycles. The molecule has 0 bridgehead atoms. The molecule has 2 unspecified atom stereocenters. The van der Waals surface area contributed by atoms with Gasteiger partial charge < -0.3 is 14.6 Å². The summed E-state index contributed by atoms with van der Waals surface area (Å²) in [5.74, 6) is -0.165. The van der Waals surface area contributed by atoms with Gasteiger partial charge in [0.2, 0.25) is 6.10 Å². The summed E-state index contributed by atoms with van der Waals surface area (Å²) in [5.41, 5.74) is 4.67. The highest BCUT2D eigenvalue weighted by Crippen LogP contribution is 2.23. The monoisotopic (exact) mass is 428 g/mol. The van der Waals surface area contributed by atoms with Crippen LogP contribution in [0.1, 0.15) is 19.4 Å². The second kappa shape index (κ2) is 11.0. The fourth-order valence-corrected chi connectivity index (χ4v) is 3.20. The third-order valence-corrected chi connectivity index (χ3v) is 5.27. The Labute approximate surface area is 189 Å². The van der Waals surface area contributed by atoms with Crippen molar-refractivity contribution >= 4 is 11.5 Å². The van der Waals surface area contributed by atoms with Crippen molar-refractivity contribution < 1.29 is 19.4 Å². The van der Waals surface area contributed by atoms with E-state index in [4.69, 9.17) is 9.47 Å². The van der Waals surface area contributed by atoms with Gasteiger partial charge in [-0.05, 0) is 59.5 Å². The summed E-state index contributed by atoms with van der Waals surface area (Å²) >= 11 is 0. The van der Waals surface area contributed by atoms with Crippen LogP contribution in [0.2, 0.25) is 0 Å². The molecule has 0 aromatic heterocycles. The minimum Gasteiger partial charge on any atom is -0.490 e. The highest BCUT2D eigenvalue weighted by molar-refractivity contribution is 5.73. The number of benzene rings is 3. The van der Waals surface area contributed by atoms with E-state index in [2.05, 4.69) is 49.9 Å². The van der Waals surface area contributed by atoms with Crippen molar-refractivity contribution in [1.82, 2.24) is 0 Å². The van der Waals surface area contributed by atoms with Crippen LogP contribution >= 0.6 is 0 Å². The molecular formula is C28H28O4. The first kappa shape index (κ1) is 22.9. The number of aliphatic carboxylic acids is 1. The van der Waals surface area contributed by atoms with Crippen LogP contribution in [0.5, 0.6) is 11.5 Å². The van der Waals surface area contributed by atoms with Crippen LogP contribution in [-0.2, 0) is 4.79 Å². The van der Waals surface area contributed by atoms with Gasteiger partial charge in [-0.3, -0.25) is 0 Å². The smallest absolute Gasteiger partial charge is 0.345 e. The molecule has 0 radical (unpaired) electrons. The third-order valence-electron chi connectivity index (χ3n) is 5.27. The Morgan fingerprint density at radius 3 is 2.12 bits per heavy atom. The molecule has 0 heterocycles. The molecule has 1 N–H and O–H groups in total. The lowest BCUT2D eigenvalue weighted by atomic mass is 10.0. The fourth-order valence-electron chi connectivity index (χ4n) is 3.20. The maximum atomic E-state index is 11.4. The zero-order valence-electron chi connectivity index (χ0n) is 18.4. The molecular weight excluding hydrogens is 400 g/mol. The van der Waals surface area contributed by atoms with Crippen LogP contribution in [0.15, 0.2) is 97.6 Å². The second-order valence-electron chi connectivity index (χ2n) is 7.58. The van der Waals surface area contributed by atoms with Crippen molar-refractivity contribution in [1.29, 1.82) is 0 Å². The van der Waals surface area contributed by atoms with Crippen LogP contribution in [0.25, 0.3) is 16.7 Å². The van der Waals surface area contributed by atoms with E-state index < -0.39 is 12.1 Å². The van der Waals surface area contributed by atoms with Crippen LogP contribution in [0.4, 0.5) is 0 Å². The van der Waals surface area contributed by atoms with E-state index in [0.29, 0.717) is 18.1 Å². The van der Waals surface area contributed by atoms with E-state index >= 15 is 0 Å². The lowest BCUT2D eigenvalue weighted by molar-refractivity contribution is -0.146. The van der Waals surface area contributed by atoms with Crippen molar-refractivity contribution in [2.24, 2.45) is 5.92 Å². The third kappa shape index (κ3) is 6.11. The Morgan fingerprint density at radius 2 is 1.53 bits per heavy atom. The Kier molecular flexibility index (Phi) is 7.87. The van der Waals surface area contributed by atoms with E-state index in [-0.39, 0.29) is 5.92 Å². The molecule has 164 valence electrons. The van der Waals surface area contributed by atoms with Gasteiger partial charge in [0.25, 0.3) is 0 Å². The zero-order valence-corrected chi connectivity index (χ0v) is 18.4. The minimum atomic E-state index is -1.02. The summed E-state index contributed by atoms with van der Waals surface area (Å²) in [7, 11) is 0. The van der Waals surface area contributed by atoms with E-state index in [1.165, 1.54) is 11.1 Å². The maximum Gasteiger partial charge on any atom is 0.345 e. The molecule has 32 heavy (non-hydrogen) atoms. The van der Waals surface area contributed by atoms with Gasteiger partial charge in [-0.25, -0.2) is 4.79 Å². The number of carbonyl (C=O) groups is 1. The van der Waals surface area contributed by atoms with Crippen molar-refractivity contribution in [2.75, 3.05) is 6.61 Å². The summed E-state index contributed by atoms with van der Waals surface area (Å²) in [4.78, 5) is 11.4. The van der Waals surface area contributed by atoms with Gasteiger partial charge in [-0.15, -0.1) is 6.58 Å². The van der Waals surface area contributed by atoms with Crippen molar-refractivity contribution in [3.05, 3.63) is 103 Å². The number of carboxylic acid groups (broad SMARTS) is 1. The van der Waals surface area contributed by atoms with E-state index in [1.807, 2.05) is 24.3 Å². The number of hydrogen-bond donors (Lipinski definition) is 1. The largest absolute Gasteiger partial charge is 0.490 e. The Balaban J connectivity index is 1.56. The normalized spacial score (nSPS) is 13.1. The van der Waals surface area contributed by atoms with Gasteiger partial charge in [0.1, 0.15) is 18.1 Å². The van der Waals surface area contributed by atoms with Crippen LogP contribution in [-0.4, -0.2) is 23.8 Å². The number of rotatable bonds is 10. The molecule has 0 saturated carbocycles. The Morgan fingerprint density at radius 1 is 0.938 bits per heavy atom. The van der Waals surface area contributed by atoms with E-state index in [9.17, 15) is 9.90 Å². The minimum absolute atomic E-state index is 0.307. The SMILES string of the molecule is C=CC(C)C(Oc1ccc(OC/C=C(\C)c2ccc(-c3ccccc3)cc2)cc1)C(=O)O. The first-order valence-electron chi connectivity index (χ1n) is 10.6. The van der Waals surface area contributed by atoms with Crippen molar-refractivity contribution in [2.45, 2.75) is 20.0 Å². The second-order valence-corrected chi connectivity index (χ2v) is 7.58. The molecule has 3 aromatic rings. The quantitative estimate of drug-likeness (QED) is 0.375. The molecule has 4 heteroatoms. The molecule has 0 spiro atoms. The predicted molar refractivity (Wildman–Crippen MR) is 129 cm³/mol. The van der Waals surface area contributed by atoms with Crippen LogP contribution in [0.3, 0.4) is 0 Å². The van der Waals surface area contributed by atoms with Gasteiger partial charge in [0.15, 0.2) is 0 Å². The molecule has 0 fully saturated rings. The molecule has 3 aromatic carbocycles. The Bertz CT molecular complexity index is 1050. The number of hydrogen-bond acceptors (Lipinski definition) is 3. The molecule has 0 aliphatic rings. The fraction of sp³-hybridized carbons (Fsp3) is 0.179. The summed E-state index contributed by atoms with van der Waals surface area (Å²) < 4.78 is 11.4. The topological polar surface area (TPSA) is 55.8 Å². The standard InChI is InChI=1S/C28H28O4/c1-4-20(2)27(28(29)30)32-26-16-14-25(15-17-26)31-19-18-21(3)22-10-12-24(13-11-22)23-8-6-5-7-9-23/h4-18,20,27H,1,19H2,2-3H3,(H,29,30)/b21-18+. The number of ether oxygens (including phenoxy) is 2. The lowest BCUT2D eigenvalue weighted by Crippen LogP contribution is -2.32. The number of allylic oxidation sites excluding steroid dienone is 1. The van der Waals surface area contributed by atoms with Gasteiger partial charge in [-0.2, -0.15) is 0 Å². The molecule has 3 rings (SSSR count). The van der Waals surface area contributed by atoms with Crippen LogP contribution in [0, 0.1) is 5.92 Å². The average Bonchev–Trinajstić information content (AvgIpc) is 2.83. The molecule has 0 aliphatic heterocycles. The summed E-state index contributed by atoms with van der Waals surface area (Å²) in [5, 5.41) is 9.32. The van der Waals surface area contributed by atoms with Gasteiger partial charge in [0.05, 0.1) is 0 Å².